The van der Waals surface area contributed by atoms with Crippen LogP contribution in [0.4, 0.5) is 0 Å². The zero-order valence-corrected chi connectivity index (χ0v) is 27.5. The minimum atomic E-state index is -0.221. The molecule has 4 nitrogen and oxygen atoms in total. The first kappa shape index (κ1) is 30.2. The molecule has 50 heavy (non-hydrogen) atoms. The minimum absolute atomic E-state index is 0.111. The molecule has 0 spiro atoms. The molecular weight excluding hydrogens is 609 g/mol. The third-order valence-corrected chi connectivity index (χ3v) is 9.76. The van der Waals surface area contributed by atoms with Crippen LogP contribution in [-0.4, -0.2) is 4.98 Å². The van der Waals surface area contributed by atoms with Gasteiger partial charge in [-0.05, 0) is 62.4 Å². The Kier molecular flexibility index (Phi) is 7.96. The normalized spacial score (nSPS) is 17.6. The van der Waals surface area contributed by atoms with Gasteiger partial charge >= 0.3 is 0 Å². The minimum Gasteiger partial charge on any atom is -0.279 e. The van der Waals surface area contributed by atoms with E-state index in [1.807, 2.05) is 0 Å². The van der Waals surface area contributed by atoms with E-state index in [2.05, 4.69) is 198 Å². The number of benzene rings is 7. The molecule has 7 aromatic carbocycles. The van der Waals surface area contributed by atoms with Gasteiger partial charge in [0.05, 0.1) is 29.7 Å². The molecular formula is C46H36N4. The SMILES string of the molecule is c1ccc(-c2cccc(C3NC(c4ccccc4)NC(c4cc5ccccc5c5c(-c6ccccc6)cc(-c6ccccc6)nc45)N3)c2)cc1. The summed E-state index contributed by atoms with van der Waals surface area (Å²) in [6.07, 6.45) is -0.469. The van der Waals surface area contributed by atoms with Crippen LogP contribution in [-0.2, 0) is 0 Å². The maximum atomic E-state index is 5.51. The van der Waals surface area contributed by atoms with E-state index >= 15 is 0 Å². The Morgan fingerprint density at radius 3 is 1.66 bits per heavy atom. The summed E-state index contributed by atoms with van der Waals surface area (Å²) in [5, 5.41) is 15.3. The van der Waals surface area contributed by atoms with Crippen LogP contribution in [0, 0.1) is 0 Å². The molecule has 1 aliphatic rings. The molecule has 1 saturated heterocycles. The standard InChI is InChI=1S/C46H36N4/c1-5-16-31(17-6-1)35-25-15-26-37(28-35)45-48-44(34-22-11-4-12-23-34)49-46(50-45)40-29-36-24-13-14-27-38(36)42-39(32-18-7-2-8-19-32)30-41(47-43(40)42)33-20-9-3-10-21-33/h1-30,44-46,48-50H. The summed E-state index contributed by atoms with van der Waals surface area (Å²) in [5.41, 5.74) is 11.2. The lowest BCUT2D eigenvalue weighted by Crippen LogP contribution is -2.54. The molecule has 1 aromatic heterocycles. The number of hydrogen-bond acceptors (Lipinski definition) is 4. The van der Waals surface area contributed by atoms with E-state index in [0.29, 0.717) is 0 Å². The summed E-state index contributed by atoms with van der Waals surface area (Å²) in [4.78, 5) is 5.51. The largest absolute Gasteiger partial charge is 0.279 e. The number of fused-ring (bicyclic) bond motifs is 3. The van der Waals surface area contributed by atoms with Gasteiger partial charge in [-0.3, -0.25) is 16.0 Å². The number of rotatable bonds is 6. The fraction of sp³-hybridized carbons (Fsp3) is 0.0652. The zero-order valence-electron chi connectivity index (χ0n) is 27.5. The van der Waals surface area contributed by atoms with Gasteiger partial charge in [0.25, 0.3) is 0 Å². The highest BCUT2D eigenvalue weighted by atomic mass is 15.4. The Bertz CT molecular complexity index is 2410. The second-order valence-electron chi connectivity index (χ2n) is 12.9. The van der Waals surface area contributed by atoms with Gasteiger partial charge in [-0.15, -0.1) is 0 Å². The molecule has 3 unspecified atom stereocenters. The molecule has 0 bridgehead atoms. The monoisotopic (exact) mass is 644 g/mol. The lowest BCUT2D eigenvalue weighted by molar-refractivity contribution is 0.204. The lowest BCUT2D eigenvalue weighted by atomic mass is 9.91. The van der Waals surface area contributed by atoms with E-state index in [-0.39, 0.29) is 18.5 Å². The molecule has 4 heteroatoms. The van der Waals surface area contributed by atoms with Crippen LogP contribution >= 0.6 is 0 Å². The van der Waals surface area contributed by atoms with Crippen molar-refractivity contribution in [2.75, 3.05) is 0 Å². The average Bonchev–Trinajstić information content (AvgIpc) is 3.21. The number of nitrogens with zero attached hydrogens (tertiary/aromatic N) is 1. The highest BCUT2D eigenvalue weighted by Gasteiger charge is 2.32. The van der Waals surface area contributed by atoms with E-state index in [4.69, 9.17) is 4.98 Å². The topological polar surface area (TPSA) is 49.0 Å². The van der Waals surface area contributed by atoms with Crippen molar-refractivity contribution in [1.29, 1.82) is 0 Å². The smallest absolute Gasteiger partial charge is 0.0886 e. The molecule has 8 aromatic rings. The van der Waals surface area contributed by atoms with Gasteiger partial charge in [0.15, 0.2) is 0 Å². The second-order valence-corrected chi connectivity index (χ2v) is 12.9. The van der Waals surface area contributed by atoms with Crippen molar-refractivity contribution in [3.05, 3.63) is 199 Å². The summed E-state index contributed by atoms with van der Waals surface area (Å²) >= 11 is 0. The molecule has 1 fully saturated rings. The molecule has 0 amide bonds. The Morgan fingerprint density at radius 2 is 0.940 bits per heavy atom. The van der Waals surface area contributed by atoms with Crippen molar-refractivity contribution in [3.63, 3.8) is 0 Å². The molecule has 3 N–H and O–H groups in total. The van der Waals surface area contributed by atoms with Crippen molar-refractivity contribution < 1.29 is 0 Å². The zero-order chi connectivity index (χ0) is 33.3. The number of aromatic nitrogens is 1. The third-order valence-electron chi connectivity index (χ3n) is 9.76. The molecule has 0 aliphatic carbocycles. The predicted molar refractivity (Wildman–Crippen MR) is 206 cm³/mol. The molecule has 2 heterocycles. The van der Waals surface area contributed by atoms with Crippen LogP contribution in [0.3, 0.4) is 0 Å². The van der Waals surface area contributed by atoms with Gasteiger partial charge in [0.1, 0.15) is 0 Å². The predicted octanol–water partition coefficient (Wildman–Crippen LogP) is 10.6. The summed E-state index contributed by atoms with van der Waals surface area (Å²) in [7, 11) is 0. The molecule has 9 rings (SSSR count). The summed E-state index contributed by atoms with van der Waals surface area (Å²) in [6.45, 7) is 0. The van der Waals surface area contributed by atoms with Crippen molar-refractivity contribution in [2.24, 2.45) is 0 Å². The Balaban J connectivity index is 1.26. The molecule has 3 atom stereocenters. The van der Waals surface area contributed by atoms with E-state index in [1.165, 1.54) is 44.2 Å². The van der Waals surface area contributed by atoms with Gasteiger partial charge in [0, 0.05) is 16.5 Å². The second kappa shape index (κ2) is 13.2. The van der Waals surface area contributed by atoms with Crippen molar-refractivity contribution in [2.45, 2.75) is 18.5 Å². The molecule has 0 saturated carbocycles. The first-order valence-corrected chi connectivity index (χ1v) is 17.2. The Labute approximate surface area is 292 Å². The van der Waals surface area contributed by atoms with Crippen LogP contribution in [0.15, 0.2) is 182 Å². The lowest BCUT2D eigenvalue weighted by Gasteiger charge is -2.40. The molecule has 240 valence electrons. The van der Waals surface area contributed by atoms with E-state index < -0.39 is 0 Å². The van der Waals surface area contributed by atoms with Crippen LogP contribution in [0.1, 0.15) is 35.2 Å². The van der Waals surface area contributed by atoms with E-state index in [9.17, 15) is 0 Å². The number of hydrogen-bond donors (Lipinski definition) is 3. The van der Waals surface area contributed by atoms with Crippen molar-refractivity contribution in [3.8, 4) is 33.5 Å². The highest BCUT2D eigenvalue weighted by Crippen LogP contribution is 2.41. The fourth-order valence-electron chi connectivity index (χ4n) is 7.32. The van der Waals surface area contributed by atoms with Crippen LogP contribution < -0.4 is 16.0 Å². The van der Waals surface area contributed by atoms with Crippen LogP contribution in [0.5, 0.6) is 0 Å². The van der Waals surface area contributed by atoms with Crippen LogP contribution in [0.25, 0.3) is 55.2 Å². The van der Waals surface area contributed by atoms with Gasteiger partial charge in [0.2, 0.25) is 0 Å². The molecule has 0 radical (unpaired) electrons. The highest BCUT2D eigenvalue weighted by molar-refractivity contribution is 6.15. The first-order chi connectivity index (χ1) is 24.8. The van der Waals surface area contributed by atoms with Crippen molar-refractivity contribution >= 4 is 21.7 Å². The first-order valence-electron chi connectivity index (χ1n) is 17.2. The van der Waals surface area contributed by atoms with Gasteiger partial charge < -0.3 is 0 Å². The van der Waals surface area contributed by atoms with Gasteiger partial charge in [-0.25, -0.2) is 4.98 Å². The fourth-order valence-corrected chi connectivity index (χ4v) is 7.32. The maximum absolute atomic E-state index is 5.51. The number of pyridine rings is 1. The summed E-state index contributed by atoms with van der Waals surface area (Å²) in [5.74, 6) is 0. The van der Waals surface area contributed by atoms with Gasteiger partial charge in [-0.2, -0.15) is 0 Å². The maximum Gasteiger partial charge on any atom is 0.0886 e. The van der Waals surface area contributed by atoms with Gasteiger partial charge in [-0.1, -0.05) is 164 Å². The third kappa shape index (κ3) is 5.76. The molecule has 1 aliphatic heterocycles. The van der Waals surface area contributed by atoms with E-state index in [1.54, 1.807) is 0 Å². The van der Waals surface area contributed by atoms with Crippen molar-refractivity contribution in [1.82, 2.24) is 20.9 Å². The Hall–Kier alpha value is -5.91. The summed E-state index contributed by atoms with van der Waals surface area (Å²) in [6, 6.07) is 64.6. The average molecular weight is 645 g/mol. The number of nitrogens with one attached hydrogen (secondary N) is 3. The quantitative estimate of drug-likeness (QED) is 0.158. The Morgan fingerprint density at radius 1 is 0.400 bits per heavy atom. The van der Waals surface area contributed by atoms with Crippen LogP contribution in [0.2, 0.25) is 0 Å². The summed E-state index contributed by atoms with van der Waals surface area (Å²) < 4.78 is 0. The van der Waals surface area contributed by atoms with E-state index in [0.717, 1.165) is 27.7 Å².